The molecule has 4 aromatic carbocycles. The van der Waals surface area contributed by atoms with E-state index in [-0.39, 0.29) is 23.3 Å². The summed E-state index contributed by atoms with van der Waals surface area (Å²) in [5.41, 5.74) is 4.23. The summed E-state index contributed by atoms with van der Waals surface area (Å²) in [6, 6.07) is 27.9. The number of aromatic nitrogens is 1. The van der Waals surface area contributed by atoms with Crippen LogP contribution in [0.25, 0.3) is 22.0 Å². The number of carbonyl (C=O) groups excluding carboxylic acids is 1. The minimum atomic E-state index is -0.742. The number of pyridine rings is 1. The lowest BCUT2D eigenvalue weighted by Crippen LogP contribution is -2.27. The molecule has 2 heterocycles. The van der Waals surface area contributed by atoms with Gasteiger partial charge in [0, 0.05) is 39.0 Å². The van der Waals surface area contributed by atoms with Gasteiger partial charge in [-0.1, -0.05) is 93.0 Å². The van der Waals surface area contributed by atoms with Crippen molar-refractivity contribution >= 4 is 34.1 Å². The second-order valence-corrected chi connectivity index (χ2v) is 12.0. The molecule has 1 amide bonds. The Morgan fingerprint density at radius 3 is 2.31 bits per heavy atom. The highest BCUT2D eigenvalue weighted by Crippen LogP contribution is 2.39. The van der Waals surface area contributed by atoms with Crippen molar-refractivity contribution in [2.75, 3.05) is 0 Å². The lowest BCUT2D eigenvalue weighted by atomic mass is 9.86. The Kier molecular flexibility index (Phi) is 7.03. The molecule has 1 aromatic heterocycles. The van der Waals surface area contributed by atoms with Crippen molar-refractivity contribution in [3.8, 4) is 11.1 Å². The highest BCUT2D eigenvalue weighted by atomic mass is 35.5. The number of hydrazone groups is 1. The van der Waals surface area contributed by atoms with Crippen molar-refractivity contribution < 1.29 is 9.18 Å². The van der Waals surface area contributed by atoms with E-state index in [1.54, 1.807) is 42.5 Å². The van der Waals surface area contributed by atoms with Crippen LogP contribution in [0.3, 0.4) is 0 Å². The van der Waals surface area contributed by atoms with Gasteiger partial charge in [-0.05, 0) is 52.9 Å². The molecule has 0 saturated heterocycles. The topological polar surface area (TPSA) is 65.5 Å². The first-order valence-corrected chi connectivity index (χ1v) is 14.2. The SMILES string of the molecule is CC(C)(C)c1ccc(C(=O)N2N=C(c3c(-c4ccccc4)c4cc(Cl)ccc4[nH]c3=O)CC2c2ccccc2F)cc1. The van der Waals surface area contributed by atoms with Gasteiger partial charge in [-0.15, -0.1) is 0 Å². The zero-order valence-corrected chi connectivity index (χ0v) is 24.2. The maximum atomic E-state index is 15.2. The van der Waals surface area contributed by atoms with Gasteiger partial charge in [-0.25, -0.2) is 9.40 Å². The Labute approximate surface area is 248 Å². The molecule has 1 aliphatic heterocycles. The van der Waals surface area contributed by atoms with E-state index in [0.717, 1.165) is 16.5 Å². The molecule has 1 unspecified atom stereocenters. The molecule has 7 heteroatoms. The van der Waals surface area contributed by atoms with Gasteiger partial charge in [-0.3, -0.25) is 9.59 Å². The van der Waals surface area contributed by atoms with Crippen molar-refractivity contribution in [1.82, 2.24) is 9.99 Å². The van der Waals surface area contributed by atoms with Crippen LogP contribution in [0.1, 0.15) is 60.3 Å². The van der Waals surface area contributed by atoms with E-state index in [2.05, 4.69) is 25.8 Å². The summed E-state index contributed by atoms with van der Waals surface area (Å²) in [4.78, 5) is 30.7. The molecule has 0 aliphatic carbocycles. The molecule has 0 fully saturated rings. The van der Waals surface area contributed by atoms with Crippen LogP contribution < -0.4 is 5.56 Å². The second kappa shape index (κ2) is 10.7. The third-order valence-electron chi connectivity index (χ3n) is 7.71. The first-order valence-electron chi connectivity index (χ1n) is 13.8. The predicted molar refractivity (Wildman–Crippen MR) is 167 cm³/mol. The molecular weight excluding hydrogens is 549 g/mol. The van der Waals surface area contributed by atoms with Crippen LogP contribution in [0.15, 0.2) is 107 Å². The highest BCUT2D eigenvalue weighted by Gasteiger charge is 2.37. The monoisotopic (exact) mass is 577 g/mol. The first-order chi connectivity index (χ1) is 20.1. The van der Waals surface area contributed by atoms with E-state index in [9.17, 15) is 9.59 Å². The summed E-state index contributed by atoms with van der Waals surface area (Å²) >= 11 is 6.41. The normalized spacial score (nSPS) is 15.2. The van der Waals surface area contributed by atoms with E-state index < -0.39 is 11.9 Å². The number of nitrogens with one attached hydrogen (secondary N) is 1. The number of carbonyl (C=O) groups is 1. The molecule has 210 valence electrons. The summed E-state index contributed by atoms with van der Waals surface area (Å²) in [5, 5.41) is 7.34. The van der Waals surface area contributed by atoms with E-state index in [1.165, 1.54) is 11.1 Å². The van der Waals surface area contributed by atoms with E-state index >= 15 is 4.39 Å². The van der Waals surface area contributed by atoms with Crippen molar-refractivity contribution in [2.24, 2.45) is 5.10 Å². The summed E-state index contributed by atoms with van der Waals surface area (Å²) in [6.45, 7) is 6.31. The standard InChI is InChI=1S/C35H29ClFN3O2/c1-35(2,3)23-15-13-22(14-16-23)34(42)40-30(25-11-7-8-12-27(25)37)20-29(39-40)32-31(21-9-5-4-6-10-21)26-19-24(36)17-18-28(26)38-33(32)41/h4-19,30H,20H2,1-3H3,(H,38,41). The molecule has 1 N–H and O–H groups in total. The van der Waals surface area contributed by atoms with Crippen LogP contribution in [-0.4, -0.2) is 21.6 Å². The molecule has 0 bridgehead atoms. The molecule has 42 heavy (non-hydrogen) atoms. The molecule has 5 nitrogen and oxygen atoms in total. The number of H-pyrrole nitrogens is 1. The van der Waals surface area contributed by atoms with Crippen LogP contribution in [0, 0.1) is 5.82 Å². The third-order valence-corrected chi connectivity index (χ3v) is 7.94. The minimum absolute atomic E-state index is 0.0793. The second-order valence-electron chi connectivity index (χ2n) is 11.5. The Bertz CT molecular complexity index is 1910. The van der Waals surface area contributed by atoms with Crippen LogP contribution in [0.2, 0.25) is 5.02 Å². The zero-order valence-electron chi connectivity index (χ0n) is 23.5. The van der Waals surface area contributed by atoms with Crippen molar-refractivity contribution in [3.05, 3.63) is 141 Å². The number of hydrogen-bond acceptors (Lipinski definition) is 3. The number of benzene rings is 4. The summed E-state index contributed by atoms with van der Waals surface area (Å²) in [5.74, 6) is -0.817. The Morgan fingerprint density at radius 2 is 1.62 bits per heavy atom. The van der Waals surface area contributed by atoms with Gasteiger partial charge >= 0.3 is 0 Å². The van der Waals surface area contributed by atoms with E-state index in [0.29, 0.717) is 38.5 Å². The smallest absolute Gasteiger partial charge is 0.274 e. The molecule has 0 saturated carbocycles. The van der Waals surface area contributed by atoms with Crippen molar-refractivity contribution in [1.29, 1.82) is 0 Å². The summed E-state index contributed by atoms with van der Waals surface area (Å²) < 4.78 is 15.2. The van der Waals surface area contributed by atoms with Gasteiger partial charge < -0.3 is 4.98 Å². The van der Waals surface area contributed by atoms with E-state index in [4.69, 9.17) is 16.7 Å². The van der Waals surface area contributed by atoms with Crippen molar-refractivity contribution in [2.45, 2.75) is 38.6 Å². The van der Waals surface area contributed by atoms with Crippen molar-refractivity contribution in [3.63, 3.8) is 0 Å². The van der Waals surface area contributed by atoms with Gasteiger partial charge in [0.15, 0.2) is 0 Å². The number of fused-ring (bicyclic) bond motifs is 1. The predicted octanol–water partition coefficient (Wildman–Crippen LogP) is 8.28. The molecule has 6 rings (SSSR count). The number of amides is 1. The number of nitrogens with zero attached hydrogens (tertiary/aromatic N) is 2. The summed E-state index contributed by atoms with van der Waals surface area (Å²) in [6.07, 6.45) is 0.154. The van der Waals surface area contributed by atoms with Crippen LogP contribution in [-0.2, 0) is 5.41 Å². The minimum Gasteiger partial charge on any atom is -0.321 e. The molecule has 0 radical (unpaired) electrons. The zero-order chi connectivity index (χ0) is 29.6. The maximum Gasteiger partial charge on any atom is 0.274 e. The fraction of sp³-hybridized carbons (Fsp3) is 0.171. The number of rotatable bonds is 4. The fourth-order valence-corrected chi connectivity index (χ4v) is 5.70. The van der Waals surface area contributed by atoms with Gasteiger partial charge in [0.05, 0.1) is 17.3 Å². The van der Waals surface area contributed by atoms with Gasteiger partial charge in [0.1, 0.15) is 5.82 Å². The maximum absolute atomic E-state index is 15.2. The molecule has 1 atom stereocenters. The van der Waals surface area contributed by atoms with Gasteiger partial charge in [0.2, 0.25) is 0 Å². The molecule has 1 aliphatic rings. The average molecular weight is 578 g/mol. The van der Waals surface area contributed by atoms with Crippen LogP contribution in [0.5, 0.6) is 0 Å². The number of halogens is 2. The Hall–Kier alpha value is -4.55. The first kappa shape index (κ1) is 27.6. The Morgan fingerprint density at radius 1 is 0.929 bits per heavy atom. The molecule has 5 aromatic rings. The quantitative estimate of drug-likeness (QED) is 0.233. The fourth-order valence-electron chi connectivity index (χ4n) is 5.53. The lowest BCUT2D eigenvalue weighted by molar-refractivity contribution is 0.0708. The number of hydrogen-bond donors (Lipinski definition) is 1. The van der Waals surface area contributed by atoms with Gasteiger partial charge in [-0.2, -0.15) is 5.10 Å². The van der Waals surface area contributed by atoms with Crippen LogP contribution >= 0.6 is 11.6 Å². The lowest BCUT2D eigenvalue weighted by Gasteiger charge is -2.23. The molecule has 0 spiro atoms. The summed E-state index contributed by atoms with van der Waals surface area (Å²) in [7, 11) is 0. The van der Waals surface area contributed by atoms with Crippen LogP contribution in [0.4, 0.5) is 4.39 Å². The highest BCUT2D eigenvalue weighted by molar-refractivity contribution is 6.31. The largest absolute Gasteiger partial charge is 0.321 e. The molecular formula is C35H29ClFN3O2. The Balaban J connectivity index is 1.54. The number of aromatic amines is 1. The third kappa shape index (κ3) is 5.03. The average Bonchev–Trinajstić information content (AvgIpc) is 3.41. The van der Waals surface area contributed by atoms with E-state index in [1.807, 2.05) is 48.5 Å². The van der Waals surface area contributed by atoms with Gasteiger partial charge in [0.25, 0.3) is 11.5 Å².